The first-order valence-electron chi connectivity index (χ1n) is 7.27. The molecule has 4 N–H and O–H groups in total. The Bertz CT molecular complexity index is 676. The van der Waals surface area contributed by atoms with Gasteiger partial charge in [-0.3, -0.25) is 4.79 Å². The van der Waals surface area contributed by atoms with Crippen molar-refractivity contribution in [2.45, 2.75) is 24.9 Å². The first-order valence-corrected chi connectivity index (χ1v) is 7.27. The van der Waals surface area contributed by atoms with Crippen LogP contribution in [0, 0.1) is 0 Å². The Hall–Kier alpha value is -2.28. The Balaban J connectivity index is 3.13. The Labute approximate surface area is 149 Å². The number of rotatable bonds is 7. The average molecular weight is 405 g/mol. The van der Waals surface area contributed by atoms with Crippen molar-refractivity contribution in [3.05, 3.63) is 17.3 Å². The van der Waals surface area contributed by atoms with Crippen molar-refractivity contribution in [1.82, 2.24) is 10.3 Å². The quantitative estimate of drug-likeness (QED) is 0.472. The van der Waals surface area contributed by atoms with Crippen LogP contribution >= 0.6 is 0 Å². The number of ether oxygens (including phenoxy) is 2. The van der Waals surface area contributed by atoms with Gasteiger partial charge in [-0.1, -0.05) is 0 Å². The minimum Gasteiger partial charge on any atom is -0.475 e. The molecule has 0 aliphatic carbocycles. The van der Waals surface area contributed by atoms with Gasteiger partial charge in [0.2, 0.25) is 5.88 Å². The van der Waals surface area contributed by atoms with Crippen LogP contribution in [-0.2, 0) is 10.9 Å². The molecule has 1 heterocycles. The van der Waals surface area contributed by atoms with E-state index in [2.05, 4.69) is 9.72 Å². The number of amides is 1. The van der Waals surface area contributed by atoms with E-state index in [1.807, 2.05) is 0 Å². The van der Waals surface area contributed by atoms with E-state index in [0.717, 1.165) is 0 Å². The summed E-state index contributed by atoms with van der Waals surface area (Å²) in [6, 6.07) is 0.381. The number of aromatic nitrogens is 1. The van der Waals surface area contributed by atoms with Gasteiger partial charge in [0, 0.05) is 7.11 Å². The molecule has 27 heavy (non-hydrogen) atoms. The highest BCUT2D eigenvalue weighted by Gasteiger charge is 2.50. The molecular weight excluding hydrogens is 388 g/mol. The Morgan fingerprint density at radius 3 is 2.33 bits per heavy atom. The van der Waals surface area contributed by atoms with E-state index in [4.69, 9.17) is 10.5 Å². The second-order valence-corrected chi connectivity index (χ2v) is 5.57. The molecule has 0 fully saturated rings. The van der Waals surface area contributed by atoms with Gasteiger partial charge in [0.05, 0.1) is 18.8 Å². The molecule has 1 aromatic rings. The van der Waals surface area contributed by atoms with Crippen LogP contribution in [0.25, 0.3) is 0 Å². The van der Waals surface area contributed by atoms with Crippen LogP contribution in [0.1, 0.15) is 23.0 Å². The van der Waals surface area contributed by atoms with Crippen LogP contribution in [0.15, 0.2) is 6.07 Å². The second kappa shape index (κ2) is 8.17. The van der Waals surface area contributed by atoms with Crippen molar-refractivity contribution < 1.29 is 45.7 Å². The summed E-state index contributed by atoms with van der Waals surface area (Å²) in [6.45, 7) is -1.27. The number of carbonyl (C=O) groups excluding carboxylic acids is 1. The lowest BCUT2D eigenvalue weighted by atomic mass is 10.1. The molecule has 1 atom stereocenters. The van der Waals surface area contributed by atoms with E-state index in [1.165, 1.54) is 7.11 Å². The van der Waals surface area contributed by atoms with Crippen molar-refractivity contribution in [3.8, 4) is 5.88 Å². The van der Waals surface area contributed by atoms with Crippen LogP contribution in [-0.4, -0.2) is 54.6 Å². The van der Waals surface area contributed by atoms with Crippen molar-refractivity contribution >= 4 is 11.6 Å². The SMILES string of the molecule is COCCOc1nc(C(=O)NCC(C)(O)C(F)(F)F)c(N)cc1C(F)(F)F. The van der Waals surface area contributed by atoms with Gasteiger partial charge in [0.25, 0.3) is 5.91 Å². The standard InChI is InChI=1S/C14H17F6N3O4/c1-12(25,14(18,19)20)6-22-10(24)9-8(21)5-7(13(15,16)17)11(23-9)27-4-3-26-2/h5,25H,3-4,6,21H2,1-2H3,(H,22,24). The predicted molar refractivity (Wildman–Crippen MR) is 80.0 cm³/mol. The van der Waals surface area contributed by atoms with Gasteiger partial charge < -0.3 is 25.6 Å². The molecule has 1 unspecified atom stereocenters. The van der Waals surface area contributed by atoms with E-state index in [9.17, 15) is 36.2 Å². The summed E-state index contributed by atoms with van der Waals surface area (Å²) in [6.07, 6.45) is -9.95. The average Bonchev–Trinajstić information content (AvgIpc) is 2.52. The topological polar surface area (TPSA) is 107 Å². The fraction of sp³-hybridized carbons (Fsp3) is 0.571. The Kier molecular flexibility index (Phi) is 6.88. The predicted octanol–water partition coefficient (Wildman–Crippen LogP) is 1.75. The number of nitrogen functional groups attached to an aromatic ring is 1. The number of methoxy groups -OCH3 is 1. The van der Waals surface area contributed by atoms with Crippen molar-refractivity contribution in [1.29, 1.82) is 0 Å². The monoisotopic (exact) mass is 405 g/mol. The summed E-state index contributed by atoms with van der Waals surface area (Å²) in [5, 5.41) is 11.0. The molecule has 1 amide bonds. The zero-order chi connectivity index (χ0) is 21.0. The summed E-state index contributed by atoms with van der Waals surface area (Å²) in [7, 11) is 1.27. The van der Waals surface area contributed by atoms with E-state index < -0.39 is 53.2 Å². The number of anilines is 1. The lowest BCUT2D eigenvalue weighted by Gasteiger charge is -2.26. The van der Waals surface area contributed by atoms with Crippen LogP contribution in [0.5, 0.6) is 5.88 Å². The lowest BCUT2D eigenvalue weighted by Crippen LogP contribution is -2.51. The number of alkyl halides is 6. The van der Waals surface area contributed by atoms with Gasteiger partial charge in [-0.25, -0.2) is 4.98 Å². The van der Waals surface area contributed by atoms with Crippen LogP contribution < -0.4 is 15.8 Å². The molecule has 0 bridgehead atoms. The van der Waals surface area contributed by atoms with Crippen molar-refractivity contribution in [2.24, 2.45) is 0 Å². The molecule has 0 saturated heterocycles. The highest BCUT2D eigenvalue weighted by atomic mass is 19.4. The summed E-state index contributed by atoms with van der Waals surface area (Å²) in [4.78, 5) is 15.4. The molecule has 0 saturated carbocycles. The zero-order valence-corrected chi connectivity index (χ0v) is 14.2. The van der Waals surface area contributed by atoms with Crippen LogP contribution in [0.2, 0.25) is 0 Å². The van der Waals surface area contributed by atoms with E-state index in [1.54, 1.807) is 5.32 Å². The summed E-state index contributed by atoms with van der Waals surface area (Å²) >= 11 is 0. The molecule has 13 heteroatoms. The third-order valence-corrected chi connectivity index (χ3v) is 3.27. The van der Waals surface area contributed by atoms with Crippen molar-refractivity contribution in [2.75, 3.05) is 32.6 Å². The van der Waals surface area contributed by atoms with E-state index in [-0.39, 0.29) is 13.2 Å². The second-order valence-electron chi connectivity index (χ2n) is 5.57. The third-order valence-electron chi connectivity index (χ3n) is 3.27. The number of aliphatic hydroxyl groups is 1. The molecule has 0 aliphatic rings. The third kappa shape index (κ3) is 5.85. The normalized spacial score (nSPS) is 14.6. The summed E-state index contributed by atoms with van der Waals surface area (Å²) in [5.41, 5.74) is -0.764. The van der Waals surface area contributed by atoms with Crippen LogP contribution in [0.3, 0.4) is 0 Å². The summed E-state index contributed by atoms with van der Waals surface area (Å²) < 4.78 is 86.3. The number of hydrogen-bond acceptors (Lipinski definition) is 6. The Morgan fingerprint density at radius 2 is 1.85 bits per heavy atom. The number of nitrogens with zero attached hydrogens (tertiary/aromatic N) is 1. The fourth-order valence-corrected chi connectivity index (χ4v) is 1.66. The molecule has 0 aromatic carbocycles. The number of pyridine rings is 1. The highest BCUT2D eigenvalue weighted by Crippen LogP contribution is 2.37. The number of halogens is 6. The molecule has 7 nitrogen and oxygen atoms in total. The van der Waals surface area contributed by atoms with Crippen molar-refractivity contribution in [3.63, 3.8) is 0 Å². The highest BCUT2D eigenvalue weighted by molar-refractivity contribution is 5.97. The van der Waals surface area contributed by atoms with Gasteiger partial charge in [-0.2, -0.15) is 26.3 Å². The maximum atomic E-state index is 13.0. The minimum atomic E-state index is -5.05. The zero-order valence-electron chi connectivity index (χ0n) is 14.2. The van der Waals surface area contributed by atoms with Gasteiger partial charge >= 0.3 is 12.4 Å². The van der Waals surface area contributed by atoms with E-state index >= 15 is 0 Å². The fourth-order valence-electron chi connectivity index (χ4n) is 1.66. The number of carbonyl (C=O) groups is 1. The maximum Gasteiger partial charge on any atom is 0.421 e. The molecule has 154 valence electrons. The number of nitrogens with two attached hydrogens (primary N) is 1. The molecule has 0 radical (unpaired) electrons. The first kappa shape index (κ1) is 22.8. The van der Waals surface area contributed by atoms with Gasteiger partial charge in [-0.05, 0) is 13.0 Å². The van der Waals surface area contributed by atoms with Gasteiger partial charge in [0.1, 0.15) is 12.2 Å². The molecule has 0 spiro atoms. The molecule has 1 rings (SSSR count). The maximum absolute atomic E-state index is 13.0. The van der Waals surface area contributed by atoms with E-state index in [0.29, 0.717) is 13.0 Å². The smallest absolute Gasteiger partial charge is 0.421 e. The molecular formula is C14H17F6N3O4. The number of hydrogen-bond donors (Lipinski definition) is 3. The van der Waals surface area contributed by atoms with Crippen LogP contribution in [0.4, 0.5) is 32.0 Å². The molecule has 1 aromatic heterocycles. The molecule has 0 aliphatic heterocycles. The largest absolute Gasteiger partial charge is 0.475 e. The lowest BCUT2D eigenvalue weighted by molar-refractivity contribution is -0.249. The minimum absolute atomic E-state index is 0.0840. The Morgan fingerprint density at radius 1 is 1.26 bits per heavy atom. The summed E-state index contributed by atoms with van der Waals surface area (Å²) in [5.74, 6) is -2.30. The van der Waals surface area contributed by atoms with Gasteiger partial charge in [-0.15, -0.1) is 0 Å². The first-order chi connectivity index (χ1) is 12.2. The number of nitrogens with one attached hydrogen (secondary N) is 1. The van der Waals surface area contributed by atoms with Gasteiger partial charge in [0.15, 0.2) is 11.3 Å².